The lowest BCUT2D eigenvalue weighted by atomic mass is 10.2. The van der Waals surface area contributed by atoms with Gasteiger partial charge in [0.2, 0.25) is 5.82 Å². The van der Waals surface area contributed by atoms with E-state index in [0.717, 1.165) is 30.7 Å². The predicted octanol–water partition coefficient (Wildman–Crippen LogP) is 3.18. The number of aryl methyl sites for hydroxylation is 1. The molecule has 1 aromatic carbocycles. The molecule has 0 aliphatic carbocycles. The summed E-state index contributed by atoms with van der Waals surface area (Å²) in [5.74, 6) is 0.642. The van der Waals surface area contributed by atoms with Crippen LogP contribution in [0.1, 0.15) is 12.6 Å². The standard InChI is InChI=1S/C20H22N6O3/c1-3-24-9-11-25(12-10-24)19-18(26(27)28)20(22-13-21-19)29-16-6-4-5-15-8-7-14(2)23-17(15)16/h4-8,13H,3,9-12H2,1-2H3. The first kappa shape index (κ1) is 19.0. The van der Waals surface area contributed by atoms with Crippen molar-refractivity contribution in [2.75, 3.05) is 37.6 Å². The molecule has 9 nitrogen and oxygen atoms in total. The molecule has 0 spiro atoms. The normalized spacial score (nSPS) is 14.9. The Balaban J connectivity index is 1.72. The first-order valence-corrected chi connectivity index (χ1v) is 9.57. The molecule has 0 amide bonds. The van der Waals surface area contributed by atoms with Crippen molar-refractivity contribution < 1.29 is 9.66 Å². The summed E-state index contributed by atoms with van der Waals surface area (Å²) in [6, 6.07) is 9.33. The zero-order valence-corrected chi connectivity index (χ0v) is 16.4. The quantitative estimate of drug-likeness (QED) is 0.481. The van der Waals surface area contributed by atoms with Crippen LogP contribution in [-0.2, 0) is 0 Å². The van der Waals surface area contributed by atoms with Crippen LogP contribution in [0.4, 0.5) is 11.5 Å². The smallest absolute Gasteiger partial charge is 0.373 e. The van der Waals surface area contributed by atoms with Gasteiger partial charge >= 0.3 is 11.6 Å². The maximum absolute atomic E-state index is 11.9. The molecule has 150 valence electrons. The number of rotatable bonds is 5. The summed E-state index contributed by atoms with van der Waals surface area (Å²) in [6.07, 6.45) is 1.31. The fourth-order valence-electron chi connectivity index (χ4n) is 3.50. The van der Waals surface area contributed by atoms with E-state index in [0.29, 0.717) is 30.2 Å². The lowest BCUT2D eigenvalue weighted by molar-refractivity contribution is -0.385. The topological polar surface area (TPSA) is 97.5 Å². The van der Waals surface area contributed by atoms with E-state index >= 15 is 0 Å². The summed E-state index contributed by atoms with van der Waals surface area (Å²) in [7, 11) is 0. The molecule has 0 bridgehead atoms. The number of ether oxygens (including phenoxy) is 1. The van der Waals surface area contributed by atoms with Crippen LogP contribution in [0, 0.1) is 17.0 Å². The van der Waals surface area contributed by atoms with Crippen LogP contribution in [0.2, 0.25) is 0 Å². The Bertz CT molecular complexity index is 1050. The summed E-state index contributed by atoms with van der Waals surface area (Å²) < 4.78 is 5.92. The fourth-order valence-corrected chi connectivity index (χ4v) is 3.50. The highest BCUT2D eigenvalue weighted by molar-refractivity contribution is 5.85. The highest BCUT2D eigenvalue weighted by atomic mass is 16.6. The second-order valence-corrected chi connectivity index (χ2v) is 6.91. The summed E-state index contributed by atoms with van der Waals surface area (Å²) >= 11 is 0. The zero-order valence-electron chi connectivity index (χ0n) is 16.4. The third-order valence-corrected chi connectivity index (χ3v) is 5.10. The van der Waals surface area contributed by atoms with Crippen LogP contribution >= 0.6 is 0 Å². The van der Waals surface area contributed by atoms with E-state index in [2.05, 4.69) is 26.8 Å². The van der Waals surface area contributed by atoms with Crippen molar-refractivity contribution >= 4 is 22.4 Å². The minimum Gasteiger partial charge on any atom is -0.431 e. The largest absolute Gasteiger partial charge is 0.431 e. The van der Waals surface area contributed by atoms with Crippen LogP contribution in [0.25, 0.3) is 10.9 Å². The Hall–Kier alpha value is -3.33. The first-order chi connectivity index (χ1) is 14.1. The maximum Gasteiger partial charge on any atom is 0.373 e. The van der Waals surface area contributed by atoms with Gasteiger partial charge < -0.3 is 14.5 Å². The summed E-state index contributed by atoms with van der Waals surface area (Å²) in [5.41, 5.74) is 1.25. The van der Waals surface area contributed by atoms with Crippen LogP contribution in [0.3, 0.4) is 0 Å². The molecule has 3 heterocycles. The van der Waals surface area contributed by atoms with Crippen molar-refractivity contribution in [2.24, 2.45) is 0 Å². The summed E-state index contributed by atoms with van der Waals surface area (Å²) in [5, 5.41) is 12.8. The number of likely N-dealkylation sites (N-methyl/N-ethyl adjacent to an activating group) is 1. The number of hydrogen-bond donors (Lipinski definition) is 0. The third-order valence-electron chi connectivity index (χ3n) is 5.10. The lowest BCUT2D eigenvalue weighted by Crippen LogP contribution is -2.46. The van der Waals surface area contributed by atoms with Gasteiger partial charge in [0.1, 0.15) is 11.8 Å². The Labute approximate surface area is 168 Å². The number of nitro groups is 1. The molecule has 3 aromatic rings. The molecule has 1 aliphatic heterocycles. The Kier molecular flexibility index (Phi) is 5.22. The fraction of sp³-hybridized carbons (Fsp3) is 0.350. The van der Waals surface area contributed by atoms with E-state index in [1.807, 2.05) is 36.1 Å². The molecular weight excluding hydrogens is 372 g/mol. The number of para-hydroxylation sites is 1. The van der Waals surface area contributed by atoms with Gasteiger partial charge in [-0.05, 0) is 25.6 Å². The zero-order chi connectivity index (χ0) is 20.4. The molecular formula is C20H22N6O3. The molecule has 29 heavy (non-hydrogen) atoms. The molecule has 0 radical (unpaired) electrons. The van der Waals surface area contributed by atoms with Gasteiger partial charge in [-0.2, -0.15) is 4.98 Å². The molecule has 1 aliphatic rings. The highest BCUT2D eigenvalue weighted by Crippen LogP contribution is 2.38. The average molecular weight is 394 g/mol. The molecule has 0 saturated carbocycles. The summed E-state index contributed by atoms with van der Waals surface area (Å²) in [6.45, 7) is 7.95. The Morgan fingerprint density at radius 1 is 1.14 bits per heavy atom. The Morgan fingerprint density at radius 2 is 1.93 bits per heavy atom. The van der Waals surface area contributed by atoms with Crippen molar-refractivity contribution in [1.29, 1.82) is 0 Å². The van der Waals surface area contributed by atoms with E-state index in [4.69, 9.17) is 4.74 Å². The van der Waals surface area contributed by atoms with Gasteiger partial charge in [-0.3, -0.25) is 10.1 Å². The number of hydrogen-bond acceptors (Lipinski definition) is 8. The predicted molar refractivity (Wildman–Crippen MR) is 110 cm³/mol. The van der Waals surface area contributed by atoms with Crippen LogP contribution < -0.4 is 9.64 Å². The van der Waals surface area contributed by atoms with E-state index in [1.165, 1.54) is 6.33 Å². The third kappa shape index (κ3) is 3.81. The van der Waals surface area contributed by atoms with Crippen molar-refractivity contribution in [1.82, 2.24) is 19.9 Å². The minimum atomic E-state index is -0.472. The molecule has 0 atom stereocenters. The van der Waals surface area contributed by atoms with E-state index in [9.17, 15) is 10.1 Å². The molecule has 0 unspecified atom stereocenters. The maximum atomic E-state index is 11.9. The monoisotopic (exact) mass is 394 g/mol. The van der Waals surface area contributed by atoms with Gasteiger partial charge in [0.05, 0.1) is 4.92 Å². The molecule has 0 N–H and O–H groups in total. The van der Waals surface area contributed by atoms with Crippen LogP contribution in [-0.4, -0.2) is 57.5 Å². The van der Waals surface area contributed by atoms with E-state index in [-0.39, 0.29) is 11.6 Å². The number of anilines is 1. The van der Waals surface area contributed by atoms with Gasteiger partial charge in [-0.15, -0.1) is 0 Å². The van der Waals surface area contributed by atoms with Crippen LogP contribution in [0.15, 0.2) is 36.7 Å². The van der Waals surface area contributed by atoms with Gasteiger partial charge in [0, 0.05) is 37.3 Å². The molecule has 1 saturated heterocycles. The van der Waals surface area contributed by atoms with Gasteiger partial charge in [0.25, 0.3) is 0 Å². The number of fused-ring (bicyclic) bond motifs is 1. The number of piperazine rings is 1. The molecule has 1 fully saturated rings. The number of benzene rings is 1. The number of nitrogens with zero attached hydrogens (tertiary/aromatic N) is 6. The SMILES string of the molecule is CCN1CCN(c2ncnc(Oc3cccc4ccc(C)nc34)c2[N+](=O)[O-])CC1. The molecule has 4 rings (SSSR count). The van der Waals surface area contributed by atoms with Gasteiger partial charge in [-0.1, -0.05) is 25.1 Å². The van der Waals surface area contributed by atoms with Crippen molar-refractivity contribution in [3.8, 4) is 11.6 Å². The first-order valence-electron chi connectivity index (χ1n) is 9.57. The van der Waals surface area contributed by atoms with E-state index in [1.54, 1.807) is 6.07 Å². The number of aromatic nitrogens is 3. The van der Waals surface area contributed by atoms with E-state index < -0.39 is 4.92 Å². The highest BCUT2D eigenvalue weighted by Gasteiger charge is 2.30. The average Bonchev–Trinajstić information content (AvgIpc) is 2.74. The van der Waals surface area contributed by atoms with Gasteiger partial charge in [0.15, 0.2) is 5.75 Å². The summed E-state index contributed by atoms with van der Waals surface area (Å²) in [4.78, 5) is 28.5. The number of pyridine rings is 1. The second-order valence-electron chi connectivity index (χ2n) is 6.91. The van der Waals surface area contributed by atoms with Crippen LogP contribution in [0.5, 0.6) is 11.6 Å². The Morgan fingerprint density at radius 3 is 2.66 bits per heavy atom. The van der Waals surface area contributed by atoms with Crippen molar-refractivity contribution in [2.45, 2.75) is 13.8 Å². The molecule has 2 aromatic heterocycles. The van der Waals surface area contributed by atoms with Crippen molar-refractivity contribution in [3.63, 3.8) is 0 Å². The lowest BCUT2D eigenvalue weighted by Gasteiger charge is -2.34. The minimum absolute atomic E-state index is 0.0753. The second kappa shape index (κ2) is 7.96. The van der Waals surface area contributed by atoms with Gasteiger partial charge in [-0.25, -0.2) is 9.97 Å². The van der Waals surface area contributed by atoms with Crippen molar-refractivity contribution in [3.05, 3.63) is 52.5 Å². The molecule has 9 heteroatoms.